The van der Waals surface area contributed by atoms with Crippen molar-refractivity contribution in [1.82, 2.24) is 15.3 Å². The average molecular weight is 223 g/mol. The lowest BCUT2D eigenvalue weighted by Gasteiger charge is -2.16. The molecular formula is C10H17N5O. The van der Waals surface area contributed by atoms with Crippen LogP contribution in [0.25, 0.3) is 0 Å². The second-order valence-electron chi connectivity index (χ2n) is 3.36. The molecule has 0 saturated heterocycles. The van der Waals surface area contributed by atoms with E-state index in [4.69, 9.17) is 5.73 Å². The van der Waals surface area contributed by atoms with Gasteiger partial charge < -0.3 is 16.0 Å². The molecule has 6 nitrogen and oxygen atoms in total. The van der Waals surface area contributed by atoms with E-state index < -0.39 is 0 Å². The number of carbonyl (C=O) groups is 1. The topological polar surface area (TPSA) is 84.1 Å². The molecule has 0 saturated carbocycles. The third-order valence-electron chi connectivity index (χ3n) is 2.01. The van der Waals surface area contributed by atoms with Crippen molar-refractivity contribution in [3.8, 4) is 0 Å². The number of amides is 1. The summed E-state index contributed by atoms with van der Waals surface area (Å²) in [7, 11) is 1.77. The molecule has 1 rings (SSSR count). The number of nitrogens with two attached hydrogens (primary N) is 1. The molecule has 88 valence electrons. The second-order valence-corrected chi connectivity index (χ2v) is 3.36. The van der Waals surface area contributed by atoms with E-state index in [1.165, 1.54) is 0 Å². The van der Waals surface area contributed by atoms with Crippen LogP contribution in [0, 0.1) is 0 Å². The quantitative estimate of drug-likeness (QED) is 0.703. The number of carbonyl (C=O) groups excluding carboxylic acids is 1. The zero-order chi connectivity index (χ0) is 12.0. The highest BCUT2D eigenvalue weighted by Crippen LogP contribution is 2.04. The largest absolute Gasteiger partial charge is 0.355 e. The molecule has 1 aromatic rings. The Morgan fingerprint density at radius 1 is 1.62 bits per heavy atom. The molecule has 0 fully saturated rings. The summed E-state index contributed by atoms with van der Waals surface area (Å²) in [4.78, 5) is 21.3. The first-order chi connectivity index (χ1) is 7.67. The third-order valence-corrected chi connectivity index (χ3v) is 2.01. The highest BCUT2D eigenvalue weighted by atomic mass is 16.2. The molecule has 0 unspecified atom stereocenters. The van der Waals surface area contributed by atoms with Crippen LogP contribution in [0.2, 0.25) is 0 Å². The highest BCUT2D eigenvalue weighted by molar-refractivity contribution is 5.80. The van der Waals surface area contributed by atoms with Gasteiger partial charge in [0.1, 0.15) is 0 Å². The molecule has 0 aliphatic rings. The molecule has 0 aliphatic carbocycles. The fraction of sp³-hybridized carbons (Fsp3) is 0.500. The minimum atomic E-state index is -0.0493. The molecule has 0 radical (unpaired) electrons. The van der Waals surface area contributed by atoms with Gasteiger partial charge in [-0.25, -0.2) is 9.97 Å². The summed E-state index contributed by atoms with van der Waals surface area (Å²) in [6, 6.07) is 1.75. The van der Waals surface area contributed by atoms with Gasteiger partial charge in [-0.1, -0.05) is 0 Å². The summed E-state index contributed by atoms with van der Waals surface area (Å²) in [5, 5.41) is 2.71. The van der Waals surface area contributed by atoms with Crippen LogP contribution in [0.1, 0.15) is 12.6 Å². The highest BCUT2D eigenvalue weighted by Gasteiger charge is 2.08. The Morgan fingerprint density at radius 2 is 2.38 bits per heavy atom. The van der Waals surface area contributed by atoms with Crippen LogP contribution in [0.5, 0.6) is 0 Å². The lowest BCUT2D eigenvalue weighted by atomic mass is 10.4. The molecule has 6 heteroatoms. The van der Waals surface area contributed by atoms with E-state index in [2.05, 4.69) is 15.3 Å². The van der Waals surface area contributed by atoms with Gasteiger partial charge in [0.15, 0.2) is 0 Å². The number of rotatable bonds is 5. The van der Waals surface area contributed by atoms with E-state index in [0.717, 1.165) is 5.69 Å². The number of nitrogens with one attached hydrogen (secondary N) is 1. The van der Waals surface area contributed by atoms with Gasteiger partial charge >= 0.3 is 0 Å². The zero-order valence-corrected chi connectivity index (χ0v) is 9.60. The van der Waals surface area contributed by atoms with Crippen LogP contribution >= 0.6 is 0 Å². The van der Waals surface area contributed by atoms with Crippen molar-refractivity contribution in [3.63, 3.8) is 0 Å². The summed E-state index contributed by atoms with van der Waals surface area (Å²) in [5.74, 6) is 0.459. The Balaban J connectivity index is 2.64. The number of hydrogen-bond donors (Lipinski definition) is 2. The van der Waals surface area contributed by atoms with Gasteiger partial charge in [0, 0.05) is 26.3 Å². The van der Waals surface area contributed by atoms with E-state index in [0.29, 0.717) is 19.0 Å². The summed E-state index contributed by atoms with van der Waals surface area (Å²) in [5.41, 5.74) is 6.24. The van der Waals surface area contributed by atoms with Gasteiger partial charge in [-0.15, -0.1) is 0 Å². The van der Waals surface area contributed by atoms with Gasteiger partial charge in [-0.2, -0.15) is 0 Å². The molecule has 0 aliphatic heterocycles. The number of nitrogens with zero attached hydrogens (tertiary/aromatic N) is 3. The van der Waals surface area contributed by atoms with Gasteiger partial charge in [0.2, 0.25) is 11.9 Å². The van der Waals surface area contributed by atoms with Crippen molar-refractivity contribution < 1.29 is 4.79 Å². The van der Waals surface area contributed by atoms with Crippen molar-refractivity contribution >= 4 is 11.9 Å². The fourth-order valence-electron chi connectivity index (χ4n) is 1.22. The normalized spacial score (nSPS) is 9.94. The molecule has 16 heavy (non-hydrogen) atoms. The van der Waals surface area contributed by atoms with Gasteiger partial charge in [-0.3, -0.25) is 4.79 Å². The van der Waals surface area contributed by atoms with Gasteiger partial charge in [0.25, 0.3) is 0 Å². The SMILES string of the molecule is CCNC(=O)CN(C)c1nccc(CN)n1. The van der Waals surface area contributed by atoms with E-state index in [1.807, 2.05) is 6.92 Å². The monoisotopic (exact) mass is 223 g/mol. The Labute approximate surface area is 94.9 Å². The Morgan fingerprint density at radius 3 is 3.00 bits per heavy atom. The van der Waals surface area contributed by atoms with Crippen molar-refractivity contribution in [2.24, 2.45) is 5.73 Å². The molecule has 0 spiro atoms. The Kier molecular flexibility index (Phi) is 4.65. The van der Waals surface area contributed by atoms with E-state index in [1.54, 1.807) is 24.2 Å². The van der Waals surface area contributed by atoms with Crippen LogP contribution in [0.15, 0.2) is 12.3 Å². The van der Waals surface area contributed by atoms with E-state index in [-0.39, 0.29) is 12.5 Å². The molecule has 3 N–H and O–H groups in total. The number of aromatic nitrogens is 2. The predicted octanol–water partition coefficient (Wildman–Crippen LogP) is -0.492. The first kappa shape index (κ1) is 12.4. The van der Waals surface area contributed by atoms with Crippen LogP contribution in [0.3, 0.4) is 0 Å². The summed E-state index contributed by atoms with van der Waals surface area (Å²) in [6.07, 6.45) is 1.64. The maximum absolute atomic E-state index is 11.3. The number of likely N-dealkylation sites (N-methyl/N-ethyl adjacent to an activating group) is 2. The predicted molar refractivity (Wildman–Crippen MR) is 61.9 cm³/mol. The lowest BCUT2D eigenvalue weighted by molar-refractivity contribution is -0.119. The van der Waals surface area contributed by atoms with Crippen molar-refractivity contribution in [2.45, 2.75) is 13.5 Å². The molecule has 0 atom stereocenters. The van der Waals surface area contributed by atoms with Crippen molar-refractivity contribution in [2.75, 3.05) is 25.0 Å². The standard InChI is InChI=1S/C10H17N5O/c1-3-12-9(16)7-15(2)10-13-5-4-8(6-11)14-10/h4-5H,3,6-7,11H2,1-2H3,(H,12,16). The van der Waals surface area contributed by atoms with E-state index in [9.17, 15) is 4.79 Å². The molecule has 1 amide bonds. The fourth-order valence-corrected chi connectivity index (χ4v) is 1.22. The number of hydrogen-bond acceptors (Lipinski definition) is 5. The van der Waals surface area contributed by atoms with Crippen LogP contribution < -0.4 is 16.0 Å². The molecule has 1 aromatic heterocycles. The van der Waals surface area contributed by atoms with Crippen molar-refractivity contribution in [3.05, 3.63) is 18.0 Å². The van der Waals surface area contributed by atoms with Gasteiger partial charge in [0.05, 0.1) is 12.2 Å². The average Bonchev–Trinajstić information content (AvgIpc) is 2.29. The molecule has 0 bridgehead atoms. The van der Waals surface area contributed by atoms with Gasteiger partial charge in [-0.05, 0) is 13.0 Å². The smallest absolute Gasteiger partial charge is 0.239 e. The third kappa shape index (κ3) is 3.47. The first-order valence-corrected chi connectivity index (χ1v) is 5.17. The minimum absolute atomic E-state index is 0.0493. The van der Waals surface area contributed by atoms with Crippen LogP contribution in [-0.2, 0) is 11.3 Å². The Hall–Kier alpha value is -1.69. The summed E-state index contributed by atoms with van der Waals surface area (Å²) >= 11 is 0. The zero-order valence-electron chi connectivity index (χ0n) is 9.60. The molecule has 1 heterocycles. The maximum Gasteiger partial charge on any atom is 0.239 e. The number of anilines is 1. The molecular weight excluding hydrogens is 206 g/mol. The summed E-state index contributed by atoms with van der Waals surface area (Å²) < 4.78 is 0. The van der Waals surface area contributed by atoms with Crippen LogP contribution in [-0.4, -0.2) is 36.0 Å². The first-order valence-electron chi connectivity index (χ1n) is 5.17. The molecule has 0 aromatic carbocycles. The van der Waals surface area contributed by atoms with Crippen molar-refractivity contribution in [1.29, 1.82) is 0 Å². The summed E-state index contributed by atoms with van der Waals surface area (Å²) in [6.45, 7) is 3.10. The minimum Gasteiger partial charge on any atom is -0.355 e. The van der Waals surface area contributed by atoms with Crippen LogP contribution in [0.4, 0.5) is 5.95 Å². The lowest BCUT2D eigenvalue weighted by Crippen LogP contribution is -2.35. The van der Waals surface area contributed by atoms with E-state index >= 15 is 0 Å². The Bertz CT molecular complexity index is 355. The second kappa shape index (κ2) is 6.02. The maximum atomic E-state index is 11.3.